The SMILES string of the molecule is O=C([O][Pb][O]C(=O)c1nc2ccccc2cc1S)c1nc2ccccc2cc1S. The summed E-state index contributed by atoms with van der Waals surface area (Å²) in [4.78, 5) is 34.1. The second-order valence-corrected chi connectivity index (χ2v) is 9.16. The van der Waals surface area contributed by atoms with Crippen LogP contribution in [0.25, 0.3) is 21.8 Å². The van der Waals surface area contributed by atoms with Crippen molar-refractivity contribution in [3.63, 3.8) is 0 Å². The number of carbonyl (C=O) groups excluding carboxylic acids is 2. The molecule has 29 heavy (non-hydrogen) atoms. The molecule has 2 heterocycles. The number of rotatable bonds is 4. The van der Waals surface area contributed by atoms with Gasteiger partial charge in [-0.1, -0.05) is 0 Å². The Morgan fingerprint density at radius 1 is 0.724 bits per heavy atom. The monoisotopic (exact) mass is 616 g/mol. The van der Waals surface area contributed by atoms with Gasteiger partial charge in [-0.05, 0) is 0 Å². The van der Waals surface area contributed by atoms with Gasteiger partial charge >= 0.3 is 191 Å². The van der Waals surface area contributed by atoms with Gasteiger partial charge in [-0.25, -0.2) is 0 Å². The number of thiol groups is 2. The second-order valence-electron chi connectivity index (χ2n) is 5.96. The van der Waals surface area contributed by atoms with Crippen LogP contribution in [0.1, 0.15) is 21.0 Å². The Hall–Kier alpha value is -2.18. The number of pyridine rings is 2. The van der Waals surface area contributed by atoms with E-state index in [2.05, 4.69) is 35.2 Å². The van der Waals surface area contributed by atoms with Crippen LogP contribution in [0.15, 0.2) is 70.5 Å². The molecule has 142 valence electrons. The summed E-state index contributed by atoms with van der Waals surface area (Å²) >= 11 is 6.12. The van der Waals surface area contributed by atoms with Gasteiger partial charge in [0.25, 0.3) is 0 Å². The van der Waals surface area contributed by atoms with Crippen LogP contribution in [0.4, 0.5) is 0 Å². The maximum atomic E-state index is 12.4. The summed E-state index contributed by atoms with van der Waals surface area (Å²) in [5.41, 5.74) is 1.49. The number of fused-ring (bicyclic) bond motifs is 2. The van der Waals surface area contributed by atoms with Gasteiger partial charge in [0.05, 0.1) is 0 Å². The molecular formula is C20H12N2O4PbS2. The summed E-state index contributed by atoms with van der Waals surface area (Å²) in [7, 11) is 0. The van der Waals surface area contributed by atoms with Gasteiger partial charge in [-0.2, -0.15) is 0 Å². The molecule has 9 heteroatoms. The predicted octanol–water partition coefficient (Wildman–Crippen LogP) is 3.91. The number of benzene rings is 2. The summed E-state index contributed by atoms with van der Waals surface area (Å²) in [6, 6.07) is 18.2. The van der Waals surface area contributed by atoms with Crippen molar-refractivity contribution in [1.82, 2.24) is 9.97 Å². The summed E-state index contributed by atoms with van der Waals surface area (Å²) in [6.45, 7) is 0. The third-order valence-corrected chi connectivity index (χ3v) is 6.83. The van der Waals surface area contributed by atoms with Crippen LogP contribution < -0.4 is 0 Å². The van der Waals surface area contributed by atoms with Gasteiger partial charge < -0.3 is 0 Å². The summed E-state index contributed by atoms with van der Waals surface area (Å²) in [5, 5.41) is 1.73. The van der Waals surface area contributed by atoms with Crippen molar-refractivity contribution in [3.8, 4) is 0 Å². The third kappa shape index (κ3) is 4.38. The molecule has 2 radical (unpaired) electrons. The molecule has 6 nitrogen and oxygen atoms in total. The third-order valence-electron chi connectivity index (χ3n) is 4.06. The average Bonchev–Trinajstić information content (AvgIpc) is 2.72. The van der Waals surface area contributed by atoms with E-state index in [-0.39, 0.29) is 11.4 Å². The van der Waals surface area contributed by atoms with Crippen molar-refractivity contribution in [3.05, 3.63) is 72.1 Å². The molecule has 0 saturated heterocycles. The fraction of sp³-hybridized carbons (Fsp3) is 0. The molecule has 0 saturated carbocycles. The van der Waals surface area contributed by atoms with Crippen LogP contribution in [0.3, 0.4) is 0 Å². The standard InChI is InChI=1S/2C10H7NO2S.Pb/c2*12-10(13)9-8(14)5-6-3-1-2-4-7(6)11-9;/h2*1-5,14H,(H,12,13);/q;;+2/p-2. The number of carbonyl (C=O) groups is 2. The molecular weight excluding hydrogens is 604 g/mol. The van der Waals surface area contributed by atoms with Crippen LogP contribution in [-0.4, -0.2) is 47.0 Å². The van der Waals surface area contributed by atoms with Crippen LogP contribution in [0, 0.1) is 0 Å². The summed E-state index contributed by atoms with van der Waals surface area (Å²) in [5.74, 6) is -1.32. The molecule has 4 rings (SSSR count). The van der Waals surface area contributed by atoms with Gasteiger partial charge in [-0.15, -0.1) is 0 Å². The first kappa shape index (κ1) is 20.1. The molecule has 0 aliphatic carbocycles. The van der Waals surface area contributed by atoms with E-state index in [9.17, 15) is 9.59 Å². The number of nitrogens with zero attached hydrogens (tertiary/aromatic N) is 2. The second kappa shape index (κ2) is 8.68. The number of hydrogen-bond acceptors (Lipinski definition) is 8. The molecule has 0 N–H and O–H groups in total. The van der Waals surface area contributed by atoms with Gasteiger partial charge in [0.15, 0.2) is 0 Å². The van der Waals surface area contributed by atoms with Crippen molar-refractivity contribution in [2.24, 2.45) is 0 Å². The zero-order valence-electron chi connectivity index (χ0n) is 14.7. The van der Waals surface area contributed by atoms with Gasteiger partial charge in [-0.3, -0.25) is 0 Å². The van der Waals surface area contributed by atoms with Crippen LogP contribution in [0.2, 0.25) is 0 Å². The predicted molar refractivity (Wildman–Crippen MR) is 115 cm³/mol. The Balaban J connectivity index is 1.45. The van der Waals surface area contributed by atoms with Crippen molar-refractivity contribution < 1.29 is 15.0 Å². The van der Waals surface area contributed by atoms with E-state index in [4.69, 9.17) is 5.37 Å². The van der Waals surface area contributed by atoms with E-state index >= 15 is 0 Å². The van der Waals surface area contributed by atoms with E-state index in [1.54, 1.807) is 24.3 Å². The van der Waals surface area contributed by atoms with Gasteiger partial charge in [0.1, 0.15) is 0 Å². The minimum atomic E-state index is -2.50. The van der Waals surface area contributed by atoms with Crippen LogP contribution >= 0.6 is 25.3 Å². The van der Waals surface area contributed by atoms with E-state index in [1.165, 1.54) is 0 Å². The number of para-hydroxylation sites is 2. The summed E-state index contributed by atoms with van der Waals surface area (Å²) < 4.78 is 10.5. The number of aromatic nitrogens is 2. The summed E-state index contributed by atoms with van der Waals surface area (Å²) in [6.07, 6.45) is 0. The molecule has 2 aromatic heterocycles. The topological polar surface area (TPSA) is 78.4 Å². The van der Waals surface area contributed by atoms with Crippen LogP contribution in [0.5, 0.6) is 0 Å². The minimum absolute atomic E-state index is 0.0919. The van der Waals surface area contributed by atoms with Gasteiger partial charge in [0, 0.05) is 0 Å². The fourth-order valence-electron chi connectivity index (χ4n) is 2.70. The number of hydrogen-bond donors (Lipinski definition) is 2. The molecule has 0 unspecified atom stereocenters. The first-order valence-electron chi connectivity index (χ1n) is 8.38. The normalized spacial score (nSPS) is 10.8. The molecule has 4 aromatic rings. The molecule has 2 aromatic carbocycles. The first-order chi connectivity index (χ1) is 14.0. The average molecular weight is 616 g/mol. The van der Waals surface area contributed by atoms with Crippen LogP contribution in [-0.2, 0) is 5.37 Å². The molecule has 0 atom stereocenters. The Kier molecular flexibility index (Phi) is 6.02. The molecule has 0 aliphatic heterocycles. The Labute approximate surface area is 190 Å². The Morgan fingerprint density at radius 3 is 1.59 bits per heavy atom. The quantitative estimate of drug-likeness (QED) is 0.268. The molecule has 0 amide bonds. The first-order valence-corrected chi connectivity index (χ1v) is 12.4. The maximum absolute atomic E-state index is 12.4. The van der Waals surface area contributed by atoms with Crippen molar-refractivity contribution in [2.75, 3.05) is 0 Å². The fourth-order valence-corrected chi connectivity index (χ4v) is 4.77. The molecule has 0 aliphatic rings. The zero-order chi connectivity index (χ0) is 20.4. The van der Waals surface area contributed by atoms with Crippen molar-refractivity contribution in [1.29, 1.82) is 0 Å². The molecule has 0 fully saturated rings. The molecule has 0 bridgehead atoms. The van der Waals surface area contributed by atoms with Gasteiger partial charge in [0.2, 0.25) is 0 Å². The van der Waals surface area contributed by atoms with Crippen molar-refractivity contribution >= 4 is 84.1 Å². The Morgan fingerprint density at radius 2 is 1.14 bits per heavy atom. The van der Waals surface area contributed by atoms with Crippen molar-refractivity contribution in [2.45, 2.75) is 9.79 Å². The molecule has 0 spiro atoms. The van der Waals surface area contributed by atoms with E-state index < -0.39 is 37.1 Å². The van der Waals surface area contributed by atoms with E-state index in [0.717, 1.165) is 10.8 Å². The zero-order valence-corrected chi connectivity index (χ0v) is 20.4. The Bertz CT molecular complexity index is 1170. The van der Waals surface area contributed by atoms with E-state index in [1.807, 2.05) is 36.4 Å². The van der Waals surface area contributed by atoms with E-state index in [0.29, 0.717) is 20.8 Å².